The molecule has 0 bridgehead atoms. The third-order valence-corrected chi connectivity index (χ3v) is 12.2. The van der Waals surface area contributed by atoms with Crippen LogP contribution in [0.2, 0.25) is 0 Å². The van der Waals surface area contributed by atoms with Crippen LogP contribution in [0.25, 0.3) is 44.5 Å². The molecule has 258 valence electrons. The maximum Gasteiger partial charge on any atom is 0.0543 e. The van der Waals surface area contributed by atoms with Crippen molar-refractivity contribution in [1.29, 1.82) is 0 Å². The number of anilines is 3. The number of rotatable bonds is 6. The Morgan fingerprint density at radius 1 is 0.333 bits per heavy atom. The van der Waals surface area contributed by atoms with E-state index < -0.39 is 0 Å². The Balaban J connectivity index is 1.15. The van der Waals surface area contributed by atoms with Gasteiger partial charge in [0, 0.05) is 27.8 Å². The molecule has 8 aromatic rings. The van der Waals surface area contributed by atoms with Gasteiger partial charge in [-0.15, -0.1) is 0 Å². The zero-order chi connectivity index (χ0) is 36.4. The van der Waals surface area contributed by atoms with Crippen LogP contribution >= 0.6 is 0 Å². The maximum atomic E-state index is 2.46. The average Bonchev–Trinajstić information content (AvgIpc) is 3.64. The summed E-state index contributed by atoms with van der Waals surface area (Å²) < 4.78 is 0. The Bertz CT molecular complexity index is 2670. The standard InChI is InChI=1S/C53H41N/c1-52(2)45-23-12-10-20-43(45)50-42(22-14-25-47(50)52)38-30-34-41(35-31-38)54(40-32-28-37(29-33-40)36-16-6-4-7-17-36)49-27-15-26-48-51(49)44-21-11-13-24-46(44)53(48,3)39-18-8-5-9-19-39/h4-35H,1-3H3. The summed E-state index contributed by atoms with van der Waals surface area (Å²) in [5, 5.41) is 0. The average molecular weight is 692 g/mol. The van der Waals surface area contributed by atoms with E-state index in [1.165, 1.54) is 78.0 Å². The van der Waals surface area contributed by atoms with Gasteiger partial charge >= 0.3 is 0 Å². The molecule has 0 fully saturated rings. The van der Waals surface area contributed by atoms with Gasteiger partial charge in [-0.2, -0.15) is 0 Å². The lowest BCUT2D eigenvalue weighted by atomic mass is 9.74. The lowest BCUT2D eigenvalue weighted by Gasteiger charge is -2.30. The summed E-state index contributed by atoms with van der Waals surface area (Å²) in [6, 6.07) is 71.5. The van der Waals surface area contributed by atoms with Crippen molar-refractivity contribution in [3.8, 4) is 44.5 Å². The van der Waals surface area contributed by atoms with E-state index in [1.54, 1.807) is 0 Å². The first-order valence-electron chi connectivity index (χ1n) is 19.0. The number of hydrogen-bond donors (Lipinski definition) is 0. The summed E-state index contributed by atoms with van der Waals surface area (Å²) in [7, 11) is 0. The van der Waals surface area contributed by atoms with E-state index in [1.807, 2.05) is 0 Å². The fraction of sp³-hybridized carbons (Fsp3) is 0.0943. The number of hydrogen-bond acceptors (Lipinski definition) is 1. The predicted octanol–water partition coefficient (Wildman–Crippen LogP) is 14.1. The highest BCUT2D eigenvalue weighted by molar-refractivity contribution is 5.97. The molecule has 0 heterocycles. The van der Waals surface area contributed by atoms with Gasteiger partial charge in [-0.3, -0.25) is 0 Å². The topological polar surface area (TPSA) is 3.24 Å². The van der Waals surface area contributed by atoms with E-state index in [0.29, 0.717) is 0 Å². The van der Waals surface area contributed by atoms with Crippen molar-refractivity contribution < 1.29 is 0 Å². The molecule has 54 heavy (non-hydrogen) atoms. The molecule has 0 saturated carbocycles. The number of fused-ring (bicyclic) bond motifs is 6. The van der Waals surface area contributed by atoms with Gasteiger partial charge in [0.2, 0.25) is 0 Å². The molecule has 0 N–H and O–H groups in total. The zero-order valence-electron chi connectivity index (χ0n) is 30.9. The van der Waals surface area contributed by atoms with Crippen LogP contribution in [0.4, 0.5) is 17.1 Å². The van der Waals surface area contributed by atoms with Crippen LogP contribution < -0.4 is 4.90 Å². The SMILES string of the molecule is CC1(C)c2ccccc2-c2c(-c3ccc(N(c4ccc(-c5ccccc5)cc4)c4cccc5c4-c4ccccc4C5(C)c4ccccc4)cc3)cccc21. The Morgan fingerprint density at radius 2 is 0.815 bits per heavy atom. The van der Waals surface area contributed by atoms with Crippen molar-refractivity contribution in [2.45, 2.75) is 31.6 Å². The fourth-order valence-electron chi connectivity index (χ4n) is 9.44. The lowest BCUT2D eigenvalue weighted by Crippen LogP contribution is -2.22. The summed E-state index contributed by atoms with van der Waals surface area (Å²) in [5.74, 6) is 0. The summed E-state index contributed by atoms with van der Waals surface area (Å²) in [6.45, 7) is 7.09. The zero-order valence-corrected chi connectivity index (χ0v) is 30.9. The van der Waals surface area contributed by atoms with Crippen LogP contribution in [0.1, 0.15) is 48.6 Å². The van der Waals surface area contributed by atoms with E-state index in [-0.39, 0.29) is 10.8 Å². The molecule has 0 spiro atoms. The molecule has 10 rings (SSSR count). The quantitative estimate of drug-likeness (QED) is 0.168. The van der Waals surface area contributed by atoms with Gasteiger partial charge in [0.1, 0.15) is 0 Å². The maximum absolute atomic E-state index is 2.46. The molecule has 0 aliphatic heterocycles. The normalized spacial score (nSPS) is 15.9. The summed E-state index contributed by atoms with van der Waals surface area (Å²) in [5.41, 5.74) is 20.1. The third kappa shape index (κ3) is 4.78. The van der Waals surface area contributed by atoms with Crippen LogP contribution in [0, 0.1) is 0 Å². The van der Waals surface area contributed by atoms with E-state index in [0.717, 1.165) is 11.4 Å². The van der Waals surface area contributed by atoms with Crippen molar-refractivity contribution in [2.24, 2.45) is 0 Å². The van der Waals surface area contributed by atoms with E-state index >= 15 is 0 Å². The van der Waals surface area contributed by atoms with Crippen molar-refractivity contribution in [2.75, 3.05) is 4.90 Å². The molecule has 8 aromatic carbocycles. The van der Waals surface area contributed by atoms with Crippen molar-refractivity contribution in [1.82, 2.24) is 0 Å². The smallest absolute Gasteiger partial charge is 0.0543 e. The molecule has 1 nitrogen and oxygen atoms in total. The van der Waals surface area contributed by atoms with E-state index in [9.17, 15) is 0 Å². The first kappa shape index (κ1) is 32.2. The summed E-state index contributed by atoms with van der Waals surface area (Å²) >= 11 is 0. The van der Waals surface area contributed by atoms with Gasteiger partial charge in [-0.05, 0) is 104 Å². The first-order valence-corrected chi connectivity index (χ1v) is 19.0. The van der Waals surface area contributed by atoms with Gasteiger partial charge < -0.3 is 4.90 Å². The van der Waals surface area contributed by atoms with Crippen LogP contribution in [-0.2, 0) is 10.8 Å². The third-order valence-electron chi connectivity index (χ3n) is 12.2. The second-order valence-corrected chi connectivity index (χ2v) is 15.4. The second-order valence-electron chi connectivity index (χ2n) is 15.4. The molecule has 1 atom stereocenters. The largest absolute Gasteiger partial charge is 0.310 e. The molecule has 1 heteroatoms. The predicted molar refractivity (Wildman–Crippen MR) is 227 cm³/mol. The fourth-order valence-corrected chi connectivity index (χ4v) is 9.44. The highest BCUT2D eigenvalue weighted by Crippen LogP contribution is 2.57. The molecule has 0 aromatic heterocycles. The second kappa shape index (κ2) is 12.3. The molecule has 0 amide bonds. The summed E-state index contributed by atoms with van der Waals surface area (Å²) in [4.78, 5) is 2.46. The Hall–Kier alpha value is -6.44. The molecule has 0 saturated heterocycles. The van der Waals surface area contributed by atoms with Crippen LogP contribution in [0.5, 0.6) is 0 Å². The minimum absolute atomic E-state index is 0.0389. The lowest BCUT2D eigenvalue weighted by molar-refractivity contribution is 0.660. The first-order chi connectivity index (χ1) is 26.4. The highest BCUT2D eigenvalue weighted by atomic mass is 15.1. The van der Waals surface area contributed by atoms with Gasteiger partial charge in [0.05, 0.1) is 5.69 Å². The van der Waals surface area contributed by atoms with E-state index in [4.69, 9.17) is 0 Å². The van der Waals surface area contributed by atoms with Crippen LogP contribution in [0.15, 0.2) is 194 Å². The molecule has 2 aliphatic rings. The minimum Gasteiger partial charge on any atom is -0.310 e. The molecular weight excluding hydrogens is 651 g/mol. The minimum atomic E-state index is -0.284. The van der Waals surface area contributed by atoms with Crippen LogP contribution in [-0.4, -0.2) is 0 Å². The molecule has 0 radical (unpaired) electrons. The Morgan fingerprint density at radius 3 is 1.50 bits per heavy atom. The van der Waals surface area contributed by atoms with Crippen molar-refractivity contribution >= 4 is 17.1 Å². The summed E-state index contributed by atoms with van der Waals surface area (Å²) in [6.07, 6.45) is 0. The van der Waals surface area contributed by atoms with Crippen LogP contribution in [0.3, 0.4) is 0 Å². The Kier molecular flexibility index (Phi) is 7.35. The van der Waals surface area contributed by atoms with Gasteiger partial charge in [-0.1, -0.05) is 178 Å². The van der Waals surface area contributed by atoms with Gasteiger partial charge in [0.25, 0.3) is 0 Å². The van der Waals surface area contributed by atoms with Crippen molar-refractivity contribution in [3.63, 3.8) is 0 Å². The molecular formula is C53H41N. The molecule has 1 unspecified atom stereocenters. The highest BCUT2D eigenvalue weighted by Gasteiger charge is 2.42. The van der Waals surface area contributed by atoms with E-state index in [2.05, 4.69) is 220 Å². The van der Waals surface area contributed by atoms with Gasteiger partial charge in [-0.25, -0.2) is 0 Å². The molecule has 2 aliphatic carbocycles. The monoisotopic (exact) mass is 691 g/mol. The van der Waals surface area contributed by atoms with Crippen molar-refractivity contribution in [3.05, 3.63) is 222 Å². The van der Waals surface area contributed by atoms with Gasteiger partial charge in [0.15, 0.2) is 0 Å². The number of benzene rings is 8. The number of nitrogens with zero attached hydrogens (tertiary/aromatic N) is 1. The Labute approximate surface area is 318 Å².